The Balaban J connectivity index is 1.75. The summed E-state index contributed by atoms with van der Waals surface area (Å²) in [4.78, 5) is 2.48. The lowest BCUT2D eigenvalue weighted by atomic mass is 9.75. The second-order valence-electron chi connectivity index (χ2n) is 6.83. The monoisotopic (exact) mass is 224 g/mol. The molecule has 0 amide bonds. The Kier molecular flexibility index (Phi) is 3.60. The van der Waals surface area contributed by atoms with E-state index in [2.05, 4.69) is 38.0 Å². The van der Waals surface area contributed by atoms with Crippen LogP contribution in [0.15, 0.2) is 0 Å². The fourth-order valence-electron chi connectivity index (χ4n) is 3.21. The first-order chi connectivity index (χ1) is 7.46. The lowest BCUT2D eigenvalue weighted by molar-refractivity contribution is 0.198. The molecule has 1 aliphatic heterocycles. The third-order valence-corrected chi connectivity index (χ3v) is 4.70. The van der Waals surface area contributed by atoms with Gasteiger partial charge >= 0.3 is 0 Å². The molecule has 2 aliphatic rings. The van der Waals surface area contributed by atoms with Gasteiger partial charge in [0.2, 0.25) is 0 Å². The third-order valence-electron chi connectivity index (χ3n) is 4.70. The molecule has 2 rings (SSSR count). The second-order valence-corrected chi connectivity index (χ2v) is 6.83. The van der Waals surface area contributed by atoms with Crippen LogP contribution in [0.2, 0.25) is 0 Å². The second kappa shape index (κ2) is 4.66. The average Bonchev–Trinajstić information content (AvgIpc) is 2.50. The van der Waals surface area contributed by atoms with E-state index >= 15 is 0 Å². The zero-order valence-electron chi connectivity index (χ0n) is 11.4. The van der Waals surface area contributed by atoms with Crippen molar-refractivity contribution in [3.8, 4) is 0 Å². The SMILES string of the molecule is CC1CC(NC2CCC(C)(C)CC2)CN1C. The number of hydrogen-bond acceptors (Lipinski definition) is 2. The molecule has 0 aromatic carbocycles. The number of nitrogens with one attached hydrogen (secondary N) is 1. The van der Waals surface area contributed by atoms with Gasteiger partial charge in [0.05, 0.1) is 0 Å². The zero-order chi connectivity index (χ0) is 11.8. The summed E-state index contributed by atoms with van der Waals surface area (Å²) in [5, 5.41) is 3.87. The molecule has 94 valence electrons. The Bertz CT molecular complexity index is 217. The molecule has 2 fully saturated rings. The van der Waals surface area contributed by atoms with Crippen molar-refractivity contribution >= 4 is 0 Å². The quantitative estimate of drug-likeness (QED) is 0.776. The fraction of sp³-hybridized carbons (Fsp3) is 1.00. The van der Waals surface area contributed by atoms with Crippen molar-refractivity contribution in [2.45, 2.75) is 71.0 Å². The summed E-state index contributed by atoms with van der Waals surface area (Å²) in [5.74, 6) is 0. The molecular formula is C14H28N2. The summed E-state index contributed by atoms with van der Waals surface area (Å²) in [6.45, 7) is 8.40. The fourth-order valence-corrected chi connectivity index (χ4v) is 3.21. The number of hydrogen-bond donors (Lipinski definition) is 1. The number of rotatable bonds is 2. The molecule has 2 heteroatoms. The first-order valence-electron chi connectivity index (χ1n) is 6.92. The molecule has 1 N–H and O–H groups in total. The first kappa shape index (κ1) is 12.4. The van der Waals surface area contributed by atoms with Crippen LogP contribution in [0.4, 0.5) is 0 Å². The highest BCUT2D eigenvalue weighted by Crippen LogP contribution is 2.35. The topological polar surface area (TPSA) is 15.3 Å². The van der Waals surface area contributed by atoms with E-state index in [9.17, 15) is 0 Å². The standard InChI is InChI=1S/C14H28N2/c1-11-9-13(10-16(11)4)15-12-5-7-14(2,3)8-6-12/h11-13,15H,5-10H2,1-4H3. The Labute approximate surface area is 101 Å². The van der Waals surface area contributed by atoms with Crippen LogP contribution >= 0.6 is 0 Å². The van der Waals surface area contributed by atoms with Gasteiger partial charge < -0.3 is 10.2 Å². The Hall–Kier alpha value is -0.0800. The minimum atomic E-state index is 0.595. The Morgan fingerprint density at radius 1 is 1.12 bits per heavy atom. The van der Waals surface area contributed by atoms with E-state index < -0.39 is 0 Å². The van der Waals surface area contributed by atoms with Crippen molar-refractivity contribution in [2.75, 3.05) is 13.6 Å². The summed E-state index contributed by atoms with van der Waals surface area (Å²) in [5.41, 5.74) is 0.595. The van der Waals surface area contributed by atoms with Crippen molar-refractivity contribution < 1.29 is 0 Å². The summed E-state index contributed by atoms with van der Waals surface area (Å²) >= 11 is 0. The molecule has 0 aromatic rings. The maximum absolute atomic E-state index is 3.87. The highest BCUT2D eigenvalue weighted by molar-refractivity contribution is 4.90. The van der Waals surface area contributed by atoms with Gasteiger partial charge in [-0.05, 0) is 51.5 Å². The maximum Gasteiger partial charge on any atom is 0.0212 e. The van der Waals surface area contributed by atoms with E-state index in [1.807, 2.05) is 0 Å². The summed E-state index contributed by atoms with van der Waals surface area (Å²) < 4.78 is 0. The van der Waals surface area contributed by atoms with Crippen molar-refractivity contribution in [2.24, 2.45) is 5.41 Å². The van der Waals surface area contributed by atoms with Gasteiger partial charge in [-0.2, -0.15) is 0 Å². The van der Waals surface area contributed by atoms with Gasteiger partial charge in [0, 0.05) is 24.7 Å². The van der Waals surface area contributed by atoms with Gasteiger partial charge in [-0.15, -0.1) is 0 Å². The predicted octanol–water partition coefficient (Wildman–Crippen LogP) is 2.64. The van der Waals surface area contributed by atoms with E-state index in [1.54, 1.807) is 0 Å². The Morgan fingerprint density at radius 3 is 2.25 bits per heavy atom. The molecule has 0 spiro atoms. The molecule has 0 radical (unpaired) electrons. The minimum Gasteiger partial charge on any atom is -0.310 e. The summed E-state index contributed by atoms with van der Waals surface area (Å²) in [7, 11) is 2.25. The number of likely N-dealkylation sites (tertiary alicyclic amines) is 1. The molecule has 2 atom stereocenters. The Morgan fingerprint density at radius 2 is 1.75 bits per heavy atom. The molecule has 0 bridgehead atoms. The van der Waals surface area contributed by atoms with Crippen molar-refractivity contribution in [1.82, 2.24) is 10.2 Å². The normalized spacial score (nSPS) is 36.8. The van der Waals surface area contributed by atoms with Crippen LogP contribution in [0.3, 0.4) is 0 Å². The molecule has 1 heterocycles. The molecule has 0 aromatic heterocycles. The van der Waals surface area contributed by atoms with Crippen LogP contribution in [0.5, 0.6) is 0 Å². The van der Waals surface area contributed by atoms with E-state index in [0.29, 0.717) is 5.41 Å². The maximum atomic E-state index is 3.87. The molecule has 1 saturated heterocycles. The molecule has 16 heavy (non-hydrogen) atoms. The highest BCUT2D eigenvalue weighted by atomic mass is 15.2. The third kappa shape index (κ3) is 2.98. The van der Waals surface area contributed by atoms with Gasteiger partial charge in [0.15, 0.2) is 0 Å². The van der Waals surface area contributed by atoms with Crippen LogP contribution < -0.4 is 5.32 Å². The minimum absolute atomic E-state index is 0.595. The van der Waals surface area contributed by atoms with Gasteiger partial charge in [-0.3, -0.25) is 0 Å². The van der Waals surface area contributed by atoms with Crippen LogP contribution in [0.25, 0.3) is 0 Å². The predicted molar refractivity (Wildman–Crippen MR) is 69.7 cm³/mol. The molecule has 1 aliphatic carbocycles. The number of likely N-dealkylation sites (N-methyl/N-ethyl adjacent to an activating group) is 1. The van der Waals surface area contributed by atoms with Gasteiger partial charge in [0.25, 0.3) is 0 Å². The van der Waals surface area contributed by atoms with Crippen molar-refractivity contribution in [3.05, 3.63) is 0 Å². The smallest absolute Gasteiger partial charge is 0.0212 e. The lowest BCUT2D eigenvalue weighted by Gasteiger charge is -2.36. The zero-order valence-corrected chi connectivity index (χ0v) is 11.4. The van der Waals surface area contributed by atoms with Crippen molar-refractivity contribution in [1.29, 1.82) is 0 Å². The molecule has 1 saturated carbocycles. The number of nitrogens with zero attached hydrogens (tertiary/aromatic N) is 1. The van der Waals surface area contributed by atoms with Crippen molar-refractivity contribution in [3.63, 3.8) is 0 Å². The van der Waals surface area contributed by atoms with Crippen LogP contribution in [0.1, 0.15) is 52.9 Å². The largest absolute Gasteiger partial charge is 0.310 e. The van der Waals surface area contributed by atoms with Gasteiger partial charge in [-0.25, -0.2) is 0 Å². The van der Waals surface area contributed by atoms with E-state index in [-0.39, 0.29) is 0 Å². The first-order valence-corrected chi connectivity index (χ1v) is 6.92. The van der Waals surface area contributed by atoms with E-state index in [4.69, 9.17) is 0 Å². The van der Waals surface area contributed by atoms with Crippen LogP contribution in [-0.4, -0.2) is 36.6 Å². The summed E-state index contributed by atoms with van der Waals surface area (Å²) in [6, 6.07) is 2.29. The van der Waals surface area contributed by atoms with E-state index in [1.165, 1.54) is 38.6 Å². The lowest BCUT2D eigenvalue weighted by Crippen LogP contribution is -2.42. The van der Waals surface area contributed by atoms with Crippen LogP contribution in [-0.2, 0) is 0 Å². The molecule has 2 nitrogen and oxygen atoms in total. The average molecular weight is 224 g/mol. The van der Waals surface area contributed by atoms with Gasteiger partial charge in [0.1, 0.15) is 0 Å². The highest BCUT2D eigenvalue weighted by Gasteiger charge is 2.31. The van der Waals surface area contributed by atoms with E-state index in [0.717, 1.165) is 18.1 Å². The van der Waals surface area contributed by atoms with Gasteiger partial charge in [-0.1, -0.05) is 13.8 Å². The van der Waals surface area contributed by atoms with Crippen LogP contribution in [0, 0.1) is 5.41 Å². The molecular weight excluding hydrogens is 196 g/mol. The molecule has 2 unspecified atom stereocenters. The summed E-state index contributed by atoms with van der Waals surface area (Å²) in [6.07, 6.45) is 6.87.